The molecule has 0 fully saturated rings. The summed E-state index contributed by atoms with van der Waals surface area (Å²) in [5.41, 5.74) is 2.15. The highest BCUT2D eigenvalue weighted by Crippen LogP contribution is 2.22. The molecule has 0 aromatic carbocycles. The number of allylic oxidation sites excluding steroid dienone is 1. The summed E-state index contributed by atoms with van der Waals surface area (Å²) in [7, 11) is 3.38. The van der Waals surface area contributed by atoms with E-state index in [0.29, 0.717) is 33.7 Å². The number of Topliss-reactive ketones (excluding diaryl/α,β-unsaturated/α-hetero) is 1. The van der Waals surface area contributed by atoms with Crippen molar-refractivity contribution in [2.45, 2.75) is 99.2 Å². The van der Waals surface area contributed by atoms with Crippen LogP contribution in [-0.4, -0.2) is 60.3 Å². The first-order chi connectivity index (χ1) is 20.1. The van der Waals surface area contributed by atoms with E-state index in [4.69, 9.17) is 0 Å². The lowest BCUT2D eigenvalue weighted by atomic mass is 10.00. The maximum absolute atomic E-state index is 11.9. The molecule has 0 bridgehead atoms. The van der Waals surface area contributed by atoms with Crippen LogP contribution in [0.25, 0.3) is 22.3 Å². The molecule has 5 rings (SSSR count). The molecule has 0 radical (unpaired) electrons. The molecular weight excluding hydrogens is 562 g/mol. The number of aryl methyl sites for hydroxylation is 2. The number of rotatable bonds is 0. The maximum atomic E-state index is 11.9. The number of carbonyl (C=O) groups is 2. The van der Waals surface area contributed by atoms with E-state index < -0.39 is 0 Å². The molecule has 0 N–H and O–H groups in total. The first kappa shape index (κ1) is 34.1. The summed E-state index contributed by atoms with van der Waals surface area (Å²) >= 11 is 0. The number of fused-ring (bicyclic) bond motifs is 2. The van der Waals surface area contributed by atoms with Crippen molar-refractivity contribution in [3.63, 3.8) is 0 Å². The van der Waals surface area contributed by atoms with E-state index in [-0.39, 0.29) is 45.8 Å². The van der Waals surface area contributed by atoms with Crippen LogP contribution >= 0.6 is 0 Å². The van der Waals surface area contributed by atoms with E-state index in [9.17, 15) is 19.2 Å². The standard InChI is InChI=1S/C11H16N4O.C10H14N4O.C10H15NO2/c1-7-13-9-8(10(16)14(7)5)12-6-15(9)11(2,3)4;1-10(2,3)14-6-11-7-8(14)12-5-13(4)9(7)15;1-7-6-11(10(2,3)4)9(13)5-8(7)12/h6H,1-5H3;5-6H,1-4H3;6H,5H2,1-4H3. The second-order valence-corrected chi connectivity index (χ2v) is 13.9. The van der Waals surface area contributed by atoms with Crippen molar-refractivity contribution in [3.8, 4) is 0 Å². The van der Waals surface area contributed by atoms with Gasteiger partial charge in [0.2, 0.25) is 5.91 Å². The van der Waals surface area contributed by atoms with Gasteiger partial charge < -0.3 is 18.6 Å². The molecule has 1 amide bonds. The molecule has 13 nitrogen and oxygen atoms in total. The molecule has 44 heavy (non-hydrogen) atoms. The van der Waals surface area contributed by atoms with Gasteiger partial charge in [0.05, 0.1) is 25.4 Å². The van der Waals surface area contributed by atoms with Crippen molar-refractivity contribution >= 4 is 34.0 Å². The normalized spacial score (nSPS) is 14.3. The fourth-order valence-corrected chi connectivity index (χ4v) is 4.36. The van der Waals surface area contributed by atoms with Gasteiger partial charge in [0.1, 0.15) is 5.82 Å². The second-order valence-electron chi connectivity index (χ2n) is 13.9. The minimum Gasteiger partial charge on any atom is -0.313 e. The molecule has 0 atom stereocenters. The van der Waals surface area contributed by atoms with Crippen molar-refractivity contribution in [1.82, 2.24) is 43.1 Å². The number of nitrogens with zero attached hydrogens (tertiary/aromatic N) is 9. The van der Waals surface area contributed by atoms with Crippen LogP contribution in [0.3, 0.4) is 0 Å². The monoisotopic (exact) mass is 607 g/mol. The molecule has 0 saturated carbocycles. The molecule has 4 aromatic rings. The zero-order valence-electron chi connectivity index (χ0n) is 28.2. The Morgan fingerprint density at radius 2 is 1.16 bits per heavy atom. The molecule has 0 unspecified atom stereocenters. The SMILES string of the molecule is CC1=CN(C(C)(C)C)C(=O)CC1=O.Cc1nc2c(ncn2C(C)(C)C)c(=O)n1C.Cn1cnc2c(ncn2C(C)(C)C)c1=O. The number of hydrogen-bond donors (Lipinski definition) is 0. The van der Waals surface area contributed by atoms with Crippen LogP contribution in [0.15, 0.2) is 40.3 Å². The van der Waals surface area contributed by atoms with Gasteiger partial charge in [0.25, 0.3) is 11.1 Å². The summed E-state index contributed by atoms with van der Waals surface area (Å²) in [4.78, 5) is 64.8. The van der Waals surface area contributed by atoms with Gasteiger partial charge in [-0.25, -0.2) is 19.9 Å². The Kier molecular flexibility index (Phi) is 9.24. The quantitative estimate of drug-likeness (QED) is 0.276. The Balaban J connectivity index is 0.000000181. The van der Waals surface area contributed by atoms with Gasteiger partial charge in [-0.05, 0) is 76.2 Å². The van der Waals surface area contributed by atoms with Crippen molar-refractivity contribution in [2.24, 2.45) is 14.1 Å². The predicted octanol–water partition coefficient (Wildman–Crippen LogP) is 3.57. The first-order valence-corrected chi connectivity index (χ1v) is 14.4. The number of ketones is 1. The zero-order chi connectivity index (χ0) is 33.5. The largest absolute Gasteiger partial charge is 0.313 e. The third kappa shape index (κ3) is 7.03. The minimum atomic E-state index is -0.237. The highest BCUT2D eigenvalue weighted by molar-refractivity contribution is 6.09. The Labute approximate surface area is 257 Å². The van der Waals surface area contributed by atoms with Crippen LogP contribution in [0.1, 0.15) is 81.5 Å². The van der Waals surface area contributed by atoms with Crippen LogP contribution in [0.5, 0.6) is 0 Å². The fourth-order valence-electron chi connectivity index (χ4n) is 4.36. The van der Waals surface area contributed by atoms with Gasteiger partial charge >= 0.3 is 0 Å². The number of amides is 1. The smallest absolute Gasteiger partial charge is 0.281 e. The second kappa shape index (κ2) is 11.9. The summed E-state index contributed by atoms with van der Waals surface area (Å²) in [5, 5.41) is 0. The van der Waals surface area contributed by atoms with E-state index in [1.165, 1.54) is 15.5 Å². The van der Waals surface area contributed by atoms with E-state index in [1.807, 2.05) is 57.6 Å². The van der Waals surface area contributed by atoms with Crippen LogP contribution in [-0.2, 0) is 34.8 Å². The van der Waals surface area contributed by atoms with Crippen molar-refractivity contribution < 1.29 is 9.59 Å². The van der Waals surface area contributed by atoms with E-state index in [1.54, 1.807) is 44.8 Å². The Morgan fingerprint density at radius 1 is 0.659 bits per heavy atom. The van der Waals surface area contributed by atoms with Crippen molar-refractivity contribution in [1.29, 1.82) is 0 Å². The summed E-state index contributed by atoms with van der Waals surface area (Å²) in [6, 6.07) is 0. The Hall–Kier alpha value is -4.42. The Bertz CT molecular complexity index is 1870. The third-order valence-electron chi connectivity index (χ3n) is 7.13. The molecule has 13 heteroatoms. The van der Waals surface area contributed by atoms with Crippen LogP contribution in [0.4, 0.5) is 0 Å². The van der Waals surface area contributed by atoms with Crippen LogP contribution in [0.2, 0.25) is 0 Å². The average Bonchev–Trinajstić information content (AvgIpc) is 3.52. The van der Waals surface area contributed by atoms with Gasteiger partial charge in [-0.1, -0.05) is 0 Å². The van der Waals surface area contributed by atoms with Crippen LogP contribution in [0, 0.1) is 6.92 Å². The fraction of sp³-hybridized carbons (Fsp3) is 0.548. The molecule has 0 spiro atoms. The maximum Gasteiger partial charge on any atom is 0.281 e. The number of imidazole rings is 2. The van der Waals surface area contributed by atoms with Crippen molar-refractivity contribution in [2.75, 3.05) is 0 Å². The van der Waals surface area contributed by atoms with Gasteiger partial charge in [0.15, 0.2) is 28.1 Å². The molecular formula is C31H45N9O4. The molecule has 4 aromatic heterocycles. The topological polar surface area (TPSA) is 143 Å². The zero-order valence-corrected chi connectivity index (χ0v) is 28.2. The summed E-state index contributed by atoms with van der Waals surface area (Å²) in [6.07, 6.45) is 6.53. The van der Waals surface area contributed by atoms with Crippen LogP contribution < -0.4 is 11.1 Å². The summed E-state index contributed by atoms with van der Waals surface area (Å²) in [6.45, 7) is 21.7. The lowest BCUT2D eigenvalue weighted by molar-refractivity contribution is -0.136. The lowest BCUT2D eigenvalue weighted by Gasteiger charge is -2.35. The van der Waals surface area contributed by atoms with Gasteiger partial charge in [0, 0.05) is 42.5 Å². The summed E-state index contributed by atoms with van der Waals surface area (Å²) < 4.78 is 6.78. The number of carbonyl (C=O) groups excluding carboxylic acids is 2. The van der Waals surface area contributed by atoms with E-state index in [2.05, 4.69) is 40.7 Å². The van der Waals surface area contributed by atoms with E-state index in [0.717, 1.165) is 0 Å². The number of hydrogen-bond acceptors (Lipinski definition) is 8. The molecule has 1 aliphatic heterocycles. The Morgan fingerprint density at radius 3 is 1.66 bits per heavy atom. The first-order valence-electron chi connectivity index (χ1n) is 14.4. The third-order valence-corrected chi connectivity index (χ3v) is 7.13. The summed E-state index contributed by atoms with van der Waals surface area (Å²) in [5.74, 6) is 0.525. The van der Waals surface area contributed by atoms with Gasteiger partial charge in [-0.3, -0.25) is 23.7 Å². The van der Waals surface area contributed by atoms with Crippen molar-refractivity contribution in [3.05, 3.63) is 57.3 Å². The molecule has 5 heterocycles. The lowest BCUT2D eigenvalue weighted by Crippen LogP contribution is -2.45. The van der Waals surface area contributed by atoms with Gasteiger partial charge in [-0.2, -0.15) is 0 Å². The highest BCUT2D eigenvalue weighted by atomic mass is 16.2. The molecule has 0 aliphatic carbocycles. The molecule has 0 saturated heterocycles. The predicted molar refractivity (Wildman–Crippen MR) is 170 cm³/mol. The molecule has 1 aliphatic rings. The minimum absolute atomic E-state index is 0.0135. The number of aromatic nitrogens is 8. The highest BCUT2D eigenvalue weighted by Gasteiger charge is 2.30. The average molecular weight is 608 g/mol. The van der Waals surface area contributed by atoms with Gasteiger partial charge in [-0.15, -0.1) is 0 Å². The van der Waals surface area contributed by atoms with E-state index >= 15 is 0 Å². The molecule has 238 valence electrons.